The Balaban J connectivity index is 2.51. The van der Waals surface area contributed by atoms with Crippen molar-refractivity contribution in [1.82, 2.24) is 0 Å². The van der Waals surface area contributed by atoms with E-state index in [-0.39, 0.29) is 5.78 Å². The van der Waals surface area contributed by atoms with Gasteiger partial charge in [-0.25, -0.2) is 0 Å². The van der Waals surface area contributed by atoms with Crippen molar-refractivity contribution in [2.45, 2.75) is 26.2 Å². The van der Waals surface area contributed by atoms with E-state index in [9.17, 15) is 4.79 Å². The molecule has 2 heteroatoms. The fraction of sp³-hybridized carbons (Fsp3) is 0.278. The van der Waals surface area contributed by atoms with Crippen LogP contribution >= 0.6 is 0 Å². The molecule has 0 atom stereocenters. The minimum atomic E-state index is 0.111. The van der Waals surface area contributed by atoms with Crippen LogP contribution in [0, 0.1) is 0 Å². The smallest absolute Gasteiger partial charge is 0.164 e. The number of benzene rings is 2. The fourth-order valence-corrected chi connectivity index (χ4v) is 2.38. The maximum atomic E-state index is 12.0. The largest absolute Gasteiger partial charge is 0.330 e. The number of hydrogen-bond acceptors (Lipinski definition) is 2. The van der Waals surface area contributed by atoms with Gasteiger partial charge in [0.2, 0.25) is 0 Å². The predicted octanol–water partition coefficient (Wildman–Crippen LogP) is 4.01. The Morgan fingerprint density at radius 3 is 2.40 bits per heavy atom. The molecule has 2 N–H and O–H groups in total. The van der Waals surface area contributed by atoms with Crippen LogP contribution in [-0.4, -0.2) is 12.3 Å². The maximum Gasteiger partial charge on any atom is 0.164 e. The second kappa shape index (κ2) is 6.49. The first-order valence-corrected chi connectivity index (χ1v) is 7.06. The molecule has 2 aromatic rings. The zero-order valence-corrected chi connectivity index (χ0v) is 12.1. The third-order valence-corrected chi connectivity index (χ3v) is 3.45. The first-order chi connectivity index (χ1) is 9.63. The lowest BCUT2D eigenvalue weighted by Crippen LogP contribution is -2.08. The number of hydrogen-bond donors (Lipinski definition) is 1. The number of Topliss-reactive ketones (excluding diaryl/α,β-unsaturated/α-hetero) is 1. The SMILES string of the molecule is CC(C)c1ccc(C(=O)CCN)cc1-c1ccccc1. The normalized spacial score (nSPS) is 10.8. The Morgan fingerprint density at radius 2 is 1.80 bits per heavy atom. The number of rotatable bonds is 5. The lowest BCUT2D eigenvalue weighted by Gasteiger charge is -2.14. The molecule has 0 saturated carbocycles. The van der Waals surface area contributed by atoms with Crippen LogP contribution in [0.15, 0.2) is 48.5 Å². The predicted molar refractivity (Wildman–Crippen MR) is 84.0 cm³/mol. The van der Waals surface area contributed by atoms with Gasteiger partial charge < -0.3 is 5.73 Å². The maximum absolute atomic E-state index is 12.0. The summed E-state index contributed by atoms with van der Waals surface area (Å²) in [6, 6.07) is 16.2. The van der Waals surface area contributed by atoms with Gasteiger partial charge in [-0.15, -0.1) is 0 Å². The molecule has 0 heterocycles. The minimum Gasteiger partial charge on any atom is -0.330 e. The summed E-state index contributed by atoms with van der Waals surface area (Å²) in [6.45, 7) is 4.73. The van der Waals surface area contributed by atoms with E-state index in [1.807, 2.05) is 30.3 Å². The molecule has 0 aromatic heterocycles. The summed E-state index contributed by atoms with van der Waals surface area (Å²) in [4.78, 5) is 12.0. The van der Waals surface area contributed by atoms with E-state index in [2.05, 4.69) is 32.0 Å². The average molecular weight is 267 g/mol. The number of nitrogens with two attached hydrogens (primary N) is 1. The van der Waals surface area contributed by atoms with Crippen molar-refractivity contribution in [3.05, 3.63) is 59.7 Å². The molecule has 20 heavy (non-hydrogen) atoms. The number of carbonyl (C=O) groups is 1. The summed E-state index contributed by atoms with van der Waals surface area (Å²) >= 11 is 0. The van der Waals surface area contributed by atoms with E-state index >= 15 is 0 Å². The first kappa shape index (κ1) is 14.5. The van der Waals surface area contributed by atoms with Gasteiger partial charge in [-0.05, 0) is 35.2 Å². The molecule has 2 nitrogen and oxygen atoms in total. The van der Waals surface area contributed by atoms with Crippen molar-refractivity contribution >= 4 is 5.78 Å². The van der Waals surface area contributed by atoms with Gasteiger partial charge in [0.15, 0.2) is 5.78 Å². The Morgan fingerprint density at radius 1 is 1.10 bits per heavy atom. The van der Waals surface area contributed by atoms with Crippen LogP contribution in [0.5, 0.6) is 0 Å². The van der Waals surface area contributed by atoms with E-state index in [1.54, 1.807) is 0 Å². The van der Waals surface area contributed by atoms with Gasteiger partial charge in [-0.1, -0.05) is 56.3 Å². The molecule has 104 valence electrons. The highest BCUT2D eigenvalue weighted by Gasteiger charge is 2.12. The summed E-state index contributed by atoms with van der Waals surface area (Å²) < 4.78 is 0. The Hall–Kier alpha value is -1.93. The van der Waals surface area contributed by atoms with Crippen LogP contribution in [-0.2, 0) is 0 Å². The molecule has 0 bridgehead atoms. The molecule has 0 saturated heterocycles. The third kappa shape index (κ3) is 3.14. The van der Waals surface area contributed by atoms with Gasteiger partial charge in [0, 0.05) is 12.0 Å². The highest BCUT2D eigenvalue weighted by Crippen LogP contribution is 2.30. The second-order valence-corrected chi connectivity index (χ2v) is 5.28. The van der Waals surface area contributed by atoms with Crippen LogP contribution in [0.25, 0.3) is 11.1 Å². The quantitative estimate of drug-likeness (QED) is 0.832. The van der Waals surface area contributed by atoms with Gasteiger partial charge in [-0.2, -0.15) is 0 Å². The van der Waals surface area contributed by atoms with Crippen LogP contribution in [0.2, 0.25) is 0 Å². The van der Waals surface area contributed by atoms with Crippen molar-refractivity contribution < 1.29 is 4.79 Å². The van der Waals surface area contributed by atoms with Crippen molar-refractivity contribution in [3.63, 3.8) is 0 Å². The third-order valence-electron chi connectivity index (χ3n) is 3.45. The molecule has 0 unspecified atom stereocenters. The summed E-state index contributed by atoms with van der Waals surface area (Å²) in [5, 5.41) is 0. The van der Waals surface area contributed by atoms with Gasteiger partial charge in [0.1, 0.15) is 0 Å². The van der Waals surface area contributed by atoms with Gasteiger partial charge in [0.05, 0.1) is 0 Å². The molecule has 0 fully saturated rings. The van der Waals surface area contributed by atoms with E-state index in [0.717, 1.165) is 16.7 Å². The van der Waals surface area contributed by atoms with Gasteiger partial charge >= 0.3 is 0 Å². The topological polar surface area (TPSA) is 43.1 Å². The van der Waals surface area contributed by atoms with Crippen LogP contribution in [0.4, 0.5) is 0 Å². The Bertz CT molecular complexity index is 588. The minimum absolute atomic E-state index is 0.111. The monoisotopic (exact) mass is 267 g/mol. The molecule has 0 spiro atoms. The van der Waals surface area contributed by atoms with E-state index < -0.39 is 0 Å². The van der Waals surface area contributed by atoms with Crippen molar-refractivity contribution in [2.75, 3.05) is 6.54 Å². The molecule has 0 aliphatic heterocycles. The standard InChI is InChI=1S/C18H21NO/c1-13(2)16-9-8-15(18(20)10-11-19)12-17(16)14-6-4-3-5-7-14/h3-9,12-13H,10-11,19H2,1-2H3. The fourth-order valence-electron chi connectivity index (χ4n) is 2.38. The van der Waals surface area contributed by atoms with Crippen LogP contribution in [0.1, 0.15) is 42.1 Å². The lowest BCUT2D eigenvalue weighted by molar-refractivity contribution is 0.0985. The summed E-state index contributed by atoms with van der Waals surface area (Å²) in [7, 11) is 0. The van der Waals surface area contributed by atoms with E-state index in [1.165, 1.54) is 5.56 Å². The van der Waals surface area contributed by atoms with Gasteiger partial charge in [0.25, 0.3) is 0 Å². The zero-order valence-electron chi connectivity index (χ0n) is 12.1. The van der Waals surface area contributed by atoms with Crippen molar-refractivity contribution in [1.29, 1.82) is 0 Å². The highest BCUT2D eigenvalue weighted by atomic mass is 16.1. The highest BCUT2D eigenvalue weighted by molar-refractivity contribution is 5.97. The molecule has 0 amide bonds. The Kier molecular flexibility index (Phi) is 4.70. The first-order valence-electron chi connectivity index (χ1n) is 7.06. The summed E-state index contributed by atoms with van der Waals surface area (Å²) in [5.41, 5.74) is 9.78. The molecule has 2 aromatic carbocycles. The van der Waals surface area contributed by atoms with E-state index in [4.69, 9.17) is 5.73 Å². The Labute approximate surface area is 120 Å². The van der Waals surface area contributed by atoms with Crippen LogP contribution in [0.3, 0.4) is 0 Å². The lowest BCUT2D eigenvalue weighted by atomic mass is 9.90. The molecule has 0 radical (unpaired) electrons. The molecule has 0 aliphatic rings. The van der Waals surface area contributed by atoms with Crippen LogP contribution < -0.4 is 5.73 Å². The second-order valence-electron chi connectivity index (χ2n) is 5.28. The van der Waals surface area contributed by atoms with E-state index in [0.29, 0.717) is 18.9 Å². The summed E-state index contributed by atoms with van der Waals surface area (Å²) in [6.07, 6.45) is 0.398. The van der Waals surface area contributed by atoms with Gasteiger partial charge in [-0.3, -0.25) is 4.79 Å². The number of ketones is 1. The van der Waals surface area contributed by atoms with Crippen molar-refractivity contribution in [3.8, 4) is 11.1 Å². The zero-order chi connectivity index (χ0) is 14.5. The molecular formula is C18H21NO. The number of carbonyl (C=O) groups excluding carboxylic acids is 1. The molecular weight excluding hydrogens is 246 g/mol. The average Bonchev–Trinajstić information content (AvgIpc) is 2.47. The molecule has 2 rings (SSSR count). The van der Waals surface area contributed by atoms with Crippen molar-refractivity contribution in [2.24, 2.45) is 5.73 Å². The molecule has 0 aliphatic carbocycles. The summed E-state index contributed by atoms with van der Waals surface area (Å²) in [5.74, 6) is 0.531.